The van der Waals surface area contributed by atoms with Crippen molar-refractivity contribution in [1.82, 2.24) is 5.32 Å². The van der Waals surface area contributed by atoms with Gasteiger partial charge in [-0.3, -0.25) is 0 Å². The second kappa shape index (κ2) is 4.01. The van der Waals surface area contributed by atoms with Gasteiger partial charge in [0.15, 0.2) is 0 Å². The Labute approximate surface area is 79.1 Å². The largest absolute Gasteiger partial charge is 0.364 e. The molecule has 0 atom stereocenters. The molecular formula is C6H8F2IN3. The maximum absolute atomic E-state index is 12.3. The van der Waals surface area contributed by atoms with E-state index in [9.17, 15) is 8.78 Å². The van der Waals surface area contributed by atoms with Crippen LogP contribution in [0.5, 0.6) is 0 Å². The van der Waals surface area contributed by atoms with Gasteiger partial charge in [0.05, 0.1) is 6.54 Å². The number of hydrogen-bond donors (Lipinski definition) is 1. The highest BCUT2D eigenvalue weighted by Gasteiger charge is 2.20. The van der Waals surface area contributed by atoms with Crippen LogP contribution in [-0.4, -0.2) is 18.8 Å². The summed E-state index contributed by atoms with van der Waals surface area (Å²) in [4.78, 5) is 3.78. The normalized spacial score (nSPS) is 16.8. The topological polar surface area (TPSA) is 36.8 Å². The molecule has 0 fully saturated rings. The van der Waals surface area contributed by atoms with Gasteiger partial charge in [-0.05, 0) is 0 Å². The Balaban J connectivity index is 2.38. The van der Waals surface area contributed by atoms with Gasteiger partial charge in [-0.2, -0.15) is 0 Å². The predicted octanol–water partition coefficient (Wildman–Crippen LogP) is 2.23. The summed E-state index contributed by atoms with van der Waals surface area (Å²) in [5.41, 5.74) is 0. The number of aliphatic imine (C=N–C) groups is 1. The van der Waals surface area contributed by atoms with Crippen molar-refractivity contribution >= 4 is 27.4 Å². The van der Waals surface area contributed by atoms with Crippen molar-refractivity contribution in [2.45, 2.75) is 12.8 Å². The summed E-state index contributed by atoms with van der Waals surface area (Å²) >= 11 is -0.368. The molecule has 0 radical (unpaired) electrons. The lowest BCUT2D eigenvalue weighted by Crippen LogP contribution is -2.28. The number of alkyl halides is 2. The maximum Gasteiger partial charge on any atom is 0.262 e. The van der Waals surface area contributed by atoms with Crippen molar-refractivity contribution in [3.05, 3.63) is 9.90 Å². The monoisotopic (exact) mass is 287 g/mol. The summed E-state index contributed by atoms with van der Waals surface area (Å²) in [5, 5.41) is 2.54. The first-order valence-corrected chi connectivity index (χ1v) is 5.46. The quantitative estimate of drug-likeness (QED) is 0.794. The molecule has 1 aliphatic rings. The fourth-order valence-corrected chi connectivity index (χ4v) is 1.62. The van der Waals surface area contributed by atoms with E-state index in [2.05, 4.69) is 13.5 Å². The highest BCUT2D eigenvalue weighted by Crippen LogP contribution is 2.13. The van der Waals surface area contributed by atoms with E-state index in [1.54, 1.807) is 4.08 Å². The third kappa shape index (κ3) is 3.84. The number of nitrogens with one attached hydrogen (secondary N) is 1. The van der Waals surface area contributed by atoms with Crippen LogP contribution in [0.3, 0.4) is 0 Å². The van der Waals surface area contributed by atoms with Crippen LogP contribution in [0.2, 0.25) is 0 Å². The highest BCUT2D eigenvalue weighted by molar-refractivity contribution is 14.2. The summed E-state index contributed by atoms with van der Waals surface area (Å²) in [6, 6.07) is 0. The molecule has 0 unspecified atom stereocenters. The second-order valence-electron chi connectivity index (χ2n) is 2.36. The summed E-state index contributed by atoms with van der Waals surface area (Å²) in [7, 11) is 0. The van der Waals surface area contributed by atoms with E-state index < -0.39 is 5.92 Å². The van der Waals surface area contributed by atoms with Crippen LogP contribution < -0.4 is 5.32 Å². The number of nitrogens with zero attached hydrogens (tertiary/aromatic N) is 2. The van der Waals surface area contributed by atoms with Crippen molar-refractivity contribution in [3.63, 3.8) is 0 Å². The van der Waals surface area contributed by atoms with Crippen LogP contribution in [0.25, 0.3) is 0 Å². The first-order valence-electron chi connectivity index (χ1n) is 3.25. The Morgan fingerprint density at radius 1 is 1.67 bits per heavy atom. The summed E-state index contributed by atoms with van der Waals surface area (Å²) < 4.78 is 30.3. The Morgan fingerprint density at radius 3 is 2.92 bits per heavy atom. The summed E-state index contributed by atoms with van der Waals surface area (Å²) in [5.74, 6) is -2.18. The molecule has 0 bridgehead atoms. The first-order chi connectivity index (χ1) is 5.58. The molecule has 0 saturated heterocycles. The fourth-order valence-electron chi connectivity index (χ4n) is 0.542. The van der Waals surface area contributed by atoms with E-state index in [-0.39, 0.29) is 27.6 Å². The minimum absolute atomic E-state index is 0.368. The van der Waals surface area contributed by atoms with Crippen LogP contribution in [-0.2, 0) is 0 Å². The molecule has 68 valence electrons. The van der Waals surface area contributed by atoms with Crippen LogP contribution >= 0.6 is 21.0 Å². The molecule has 1 heterocycles. The maximum atomic E-state index is 12.3. The molecule has 0 spiro atoms. The van der Waals surface area contributed by atoms with Gasteiger partial charge < -0.3 is 5.32 Å². The van der Waals surface area contributed by atoms with E-state index in [1.807, 2.05) is 0 Å². The average Bonchev–Trinajstić information content (AvgIpc) is 2.02. The molecular weight excluding hydrogens is 279 g/mol. The lowest BCUT2D eigenvalue weighted by molar-refractivity contribution is 0.0251. The van der Waals surface area contributed by atoms with Gasteiger partial charge in [0.2, 0.25) is 0 Å². The van der Waals surface area contributed by atoms with Gasteiger partial charge in [-0.25, -0.2) is 16.9 Å². The molecule has 0 aliphatic carbocycles. The molecule has 6 heteroatoms. The zero-order valence-corrected chi connectivity index (χ0v) is 8.55. The zero-order valence-electron chi connectivity index (χ0n) is 6.39. The summed E-state index contributed by atoms with van der Waals surface area (Å²) in [6.07, 6.45) is 1.41. The molecule has 1 N–H and O–H groups in total. The molecule has 0 aromatic carbocycles. The zero-order chi connectivity index (χ0) is 9.03. The molecule has 0 saturated carbocycles. The second-order valence-corrected chi connectivity index (χ2v) is 4.09. The minimum atomic E-state index is -2.69. The van der Waals surface area contributed by atoms with Crippen molar-refractivity contribution in [2.75, 3.05) is 6.54 Å². The van der Waals surface area contributed by atoms with E-state index in [4.69, 9.17) is 0 Å². The molecule has 12 heavy (non-hydrogen) atoms. The SMILES string of the molecule is CC(F)(F)CNC1=CI=NC=N1. The number of rotatable bonds is 3. The van der Waals surface area contributed by atoms with Gasteiger partial charge in [0.1, 0.15) is 12.2 Å². The van der Waals surface area contributed by atoms with Gasteiger partial charge in [0, 0.05) is 32.0 Å². The lowest BCUT2D eigenvalue weighted by Gasteiger charge is -2.12. The Morgan fingerprint density at radius 2 is 2.42 bits per heavy atom. The standard InChI is InChI=1S/C6H8F2IN3/c1-6(7,8)3-10-5-2-9-12-4-11-5/h2,4H,3H2,1H3,(H,10,11,12). The van der Waals surface area contributed by atoms with Crippen LogP contribution in [0.4, 0.5) is 8.78 Å². The smallest absolute Gasteiger partial charge is 0.262 e. The lowest BCUT2D eigenvalue weighted by atomic mass is 10.4. The molecule has 0 aromatic rings. The van der Waals surface area contributed by atoms with E-state index >= 15 is 0 Å². The molecule has 0 amide bonds. The molecule has 3 nitrogen and oxygen atoms in total. The molecule has 0 aromatic heterocycles. The molecule has 1 aliphatic heterocycles. The van der Waals surface area contributed by atoms with Crippen molar-refractivity contribution in [2.24, 2.45) is 8.14 Å². The Kier molecular flexibility index (Phi) is 3.24. The van der Waals surface area contributed by atoms with Gasteiger partial charge in [-0.15, -0.1) is 0 Å². The van der Waals surface area contributed by atoms with Gasteiger partial charge in [0.25, 0.3) is 5.92 Å². The van der Waals surface area contributed by atoms with E-state index in [1.165, 1.54) is 6.34 Å². The van der Waals surface area contributed by atoms with Crippen LogP contribution in [0.15, 0.2) is 18.0 Å². The number of halogens is 3. The Hall–Kier alpha value is -0.400. The van der Waals surface area contributed by atoms with Crippen molar-refractivity contribution in [3.8, 4) is 0 Å². The third-order valence-electron chi connectivity index (χ3n) is 1.03. The van der Waals surface area contributed by atoms with E-state index in [0.717, 1.165) is 6.92 Å². The predicted molar refractivity (Wildman–Crippen MR) is 51.6 cm³/mol. The van der Waals surface area contributed by atoms with E-state index in [0.29, 0.717) is 5.82 Å². The van der Waals surface area contributed by atoms with Crippen LogP contribution in [0.1, 0.15) is 6.92 Å². The highest BCUT2D eigenvalue weighted by atomic mass is 127. The minimum Gasteiger partial charge on any atom is -0.364 e. The van der Waals surface area contributed by atoms with Crippen LogP contribution in [0, 0.1) is 0 Å². The fraction of sp³-hybridized carbons (Fsp3) is 0.500. The third-order valence-corrected chi connectivity index (χ3v) is 2.47. The number of hydrogen-bond acceptors (Lipinski definition) is 3. The first kappa shape index (κ1) is 9.69. The van der Waals surface area contributed by atoms with Gasteiger partial charge >= 0.3 is 0 Å². The van der Waals surface area contributed by atoms with Crippen molar-refractivity contribution < 1.29 is 8.78 Å². The average molecular weight is 287 g/mol. The van der Waals surface area contributed by atoms with Gasteiger partial charge in [-0.1, -0.05) is 0 Å². The van der Waals surface area contributed by atoms with Crippen molar-refractivity contribution in [1.29, 1.82) is 0 Å². The molecule has 1 rings (SSSR count). The Bertz CT molecular complexity index is 242. The summed E-state index contributed by atoms with van der Waals surface area (Å²) in [6.45, 7) is 0.493.